The van der Waals surface area contributed by atoms with Crippen LogP contribution in [0.2, 0.25) is 0 Å². The van der Waals surface area contributed by atoms with Gasteiger partial charge in [0.25, 0.3) is 0 Å². The summed E-state index contributed by atoms with van der Waals surface area (Å²) in [5, 5.41) is 9.05. The molecule has 0 radical (unpaired) electrons. The van der Waals surface area contributed by atoms with E-state index in [4.69, 9.17) is 15.6 Å². The average Bonchev–Trinajstić information content (AvgIpc) is 2.40. The molecule has 6 heteroatoms. The molecule has 0 aliphatic carbocycles. The van der Waals surface area contributed by atoms with Gasteiger partial charge in [-0.25, -0.2) is 4.79 Å². The lowest BCUT2D eigenvalue weighted by Crippen LogP contribution is -2.01. The number of primary amides is 1. The summed E-state index contributed by atoms with van der Waals surface area (Å²) >= 11 is 0. The summed E-state index contributed by atoms with van der Waals surface area (Å²) in [5.74, 6) is -0.986. The highest BCUT2D eigenvalue weighted by atomic mass is 16.4. The quantitative estimate of drug-likeness (QED) is 0.551. The van der Waals surface area contributed by atoms with Crippen LogP contribution in [-0.4, -0.2) is 22.5 Å². The number of para-hydroxylation sites is 1. The minimum atomic E-state index is -0.986. The van der Waals surface area contributed by atoms with Crippen molar-refractivity contribution in [2.75, 3.05) is 5.73 Å². The van der Waals surface area contributed by atoms with Crippen LogP contribution in [0.4, 0.5) is 5.69 Å². The van der Waals surface area contributed by atoms with Crippen molar-refractivity contribution in [2.45, 2.75) is 0 Å². The summed E-state index contributed by atoms with van der Waals surface area (Å²) < 4.78 is 0. The number of carbonyl (C=O) groups excluding carboxylic acids is 1. The van der Waals surface area contributed by atoms with Crippen molar-refractivity contribution < 1.29 is 14.7 Å². The Kier molecular flexibility index (Phi) is 5.04. The van der Waals surface area contributed by atoms with E-state index < -0.39 is 5.97 Å². The highest BCUT2D eigenvalue weighted by Gasteiger charge is 2.12. The first-order valence-electron chi connectivity index (χ1n) is 5.29. The molecule has 1 aromatic carbocycles. The van der Waals surface area contributed by atoms with Crippen molar-refractivity contribution in [2.24, 2.45) is 5.73 Å². The molecule has 1 aromatic heterocycles. The van der Waals surface area contributed by atoms with E-state index in [2.05, 4.69) is 10.7 Å². The van der Waals surface area contributed by atoms with Crippen LogP contribution in [0.25, 0.3) is 11.1 Å². The summed E-state index contributed by atoms with van der Waals surface area (Å²) in [7, 11) is 0. The number of hydrogen-bond acceptors (Lipinski definition) is 4. The van der Waals surface area contributed by atoms with Crippen LogP contribution >= 0.6 is 0 Å². The number of nitrogens with zero attached hydrogens (tertiary/aromatic N) is 1. The molecule has 0 aliphatic heterocycles. The molecule has 0 aliphatic rings. The molecular weight excluding hydrogens is 246 g/mol. The summed E-state index contributed by atoms with van der Waals surface area (Å²) in [6.07, 6.45) is 3.21. The van der Waals surface area contributed by atoms with Gasteiger partial charge in [0.15, 0.2) is 0 Å². The lowest BCUT2D eigenvalue weighted by molar-refractivity contribution is -0.106. The zero-order valence-corrected chi connectivity index (χ0v) is 9.98. The van der Waals surface area contributed by atoms with Gasteiger partial charge in [-0.05, 0) is 12.1 Å². The Hall–Kier alpha value is -2.89. The number of carboxylic acids is 1. The largest absolute Gasteiger partial charge is 0.478 e. The molecule has 5 N–H and O–H groups in total. The molecule has 0 saturated carbocycles. The molecular formula is C13H13N3O3. The molecule has 1 heterocycles. The van der Waals surface area contributed by atoms with Crippen LogP contribution in [0.5, 0.6) is 0 Å². The number of aromatic nitrogens is 1. The molecule has 0 spiro atoms. The Morgan fingerprint density at radius 1 is 1.21 bits per heavy atom. The van der Waals surface area contributed by atoms with Crippen LogP contribution in [0, 0.1) is 0 Å². The number of carbonyl (C=O) groups is 2. The number of nitrogens with two attached hydrogens (primary N) is 2. The van der Waals surface area contributed by atoms with E-state index in [1.54, 1.807) is 18.2 Å². The number of anilines is 1. The minimum absolute atomic E-state index is 0.202. The van der Waals surface area contributed by atoms with E-state index in [0.717, 1.165) is 0 Å². The van der Waals surface area contributed by atoms with Crippen molar-refractivity contribution in [1.29, 1.82) is 0 Å². The number of carboxylic acid groups (broad SMARTS) is 1. The third-order valence-electron chi connectivity index (χ3n) is 2.30. The molecule has 1 amide bonds. The van der Waals surface area contributed by atoms with Gasteiger partial charge in [-0.1, -0.05) is 18.2 Å². The monoisotopic (exact) mass is 259 g/mol. The SMILES string of the molecule is NC=O.Nc1ccccc1-c1cnccc1C(=O)O. The maximum Gasteiger partial charge on any atom is 0.336 e. The van der Waals surface area contributed by atoms with E-state index >= 15 is 0 Å². The van der Waals surface area contributed by atoms with Gasteiger partial charge in [-0.3, -0.25) is 9.78 Å². The number of hydrogen-bond donors (Lipinski definition) is 3. The van der Waals surface area contributed by atoms with E-state index in [0.29, 0.717) is 16.8 Å². The molecule has 6 nitrogen and oxygen atoms in total. The third kappa shape index (κ3) is 3.53. The smallest absolute Gasteiger partial charge is 0.336 e. The van der Waals surface area contributed by atoms with Crippen molar-refractivity contribution in [3.05, 3.63) is 48.3 Å². The van der Waals surface area contributed by atoms with Crippen LogP contribution in [0.15, 0.2) is 42.7 Å². The lowest BCUT2D eigenvalue weighted by Gasteiger charge is -2.07. The second-order valence-electron chi connectivity index (χ2n) is 3.45. The Labute approximate surface area is 109 Å². The highest BCUT2D eigenvalue weighted by Crippen LogP contribution is 2.27. The number of benzene rings is 1. The fourth-order valence-corrected chi connectivity index (χ4v) is 1.54. The Morgan fingerprint density at radius 2 is 1.84 bits per heavy atom. The third-order valence-corrected chi connectivity index (χ3v) is 2.30. The minimum Gasteiger partial charge on any atom is -0.478 e. The van der Waals surface area contributed by atoms with Gasteiger partial charge >= 0.3 is 5.97 Å². The van der Waals surface area contributed by atoms with Gasteiger partial charge in [-0.15, -0.1) is 0 Å². The van der Waals surface area contributed by atoms with Gasteiger partial charge in [-0.2, -0.15) is 0 Å². The summed E-state index contributed by atoms with van der Waals surface area (Å²) in [4.78, 5) is 23.5. The van der Waals surface area contributed by atoms with Gasteiger partial charge in [0, 0.05) is 29.2 Å². The fourth-order valence-electron chi connectivity index (χ4n) is 1.54. The number of nitrogen functional groups attached to an aromatic ring is 1. The number of pyridine rings is 1. The van der Waals surface area contributed by atoms with Gasteiger partial charge in [0.2, 0.25) is 6.41 Å². The summed E-state index contributed by atoms with van der Waals surface area (Å²) in [6, 6.07) is 8.58. The molecule has 98 valence electrons. The molecule has 0 atom stereocenters. The second kappa shape index (κ2) is 6.75. The lowest BCUT2D eigenvalue weighted by atomic mass is 10.0. The molecule has 2 rings (SSSR count). The van der Waals surface area contributed by atoms with Gasteiger partial charge < -0.3 is 16.6 Å². The maximum absolute atomic E-state index is 11.0. The van der Waals surface area contributed by atoms with Crippen LogP contribution in [-0.2, 0) is 4.79 Å². The first-order chi connectivity index (χ1) is 9.11. The topological polar surface area (TPSA) is 119 Å². The van der Waals surface area contributed by atoms with E-state index in [1.165, 1.54) is 18.5 Å². The van der Waals surface area contributed by atoms with E-state index in [-0.39, 0.29) is 12.0 Å². The first kappa shape index (κ1) is 14.2. The number of rotatable bonds is 2. The predicted octanol–water partition coefficient (Wildman–Crippen LogP) is 1.13. The molecule has 0 saturated heterocycles. The fraction of sp³-hybridized carbons (Fsp3) is 0. The van der Waals surface area contributed by atoms with E-state index in [9.17, 15) is 4.79 Å². The Morgan fingerprint density at radius 3 is 2.42 bits per heavy atom. The average molecular weight is 259 g/mol. The summed E-state index contributed by atoms with van der Waals surface area (Å²) in [5.41, 5.74) is 11.9. The normalized spacial score (nSPS) is 9.05. The van der Waals surface area contributed by atoms with E-state index in [1.807, 2.05) is 6.07 Å². The molecule has 0 fully saturated rings. The molecule has 19 heavy (non-hydrogen) atoms. The Bertz CT molecular complexity index is 585. The van der Waals surface area contributed by atoms with Crippen LogP contribution in [0.3, 0.4) is 0 Å². The first-order valence-corrected chi connectivity index (χ1v) is 5.29. The zero-order chi connectivity index (χ0) is 14.3. The maximum atomic E-state index is 11.0. The van der Waals surface area contributed by atoms with Gasteiger partial charge in [0.1, 0.15) is 0 Å². The standard InChI is InChI=1S/C12H10N2O2.CH3NO/c13-11-4-2-1-3-8(11)10-7-14-6-5-9(10)12(15)16;2-1-3/h1-7H,13H2,(H,15,16);1H,(H2,2,3). The van der Waals surface area contributed by atoms with Crippen molar-refractivity contribution >= 4 is 18.1 Å². The highest BCUT2D eigenvalue weighted by molar-refractivity contribution is 5.97. The van der Waals surface area contributed by atoms with Crippen LogP contribution in [0.1, 0.15) is 10.4 Å². The Balaban J connectivity index is 0.000000550. The molecule has 0 bridgehead atoms. The van der Waals surface area contributed by atoms with Gasteiger partial charge in [0.05, 0.1) is 5.56 Å². The number of amides is 1. The van der Waals surface area contributed by atoms with Crippen LogP contribution < -0.4 is 11.5 Å². The van der Waals surface area contributed by atoms with Crippen molar-refractivity contribution in [3.63, 3.8) is 0 Å². The zero-order valence-electron chi connectivity index (χ0n) is 9.98. The second-order valence-corrected chi connectivity index (χ2v) is 3.45. The van der Waals surface area contributed by atoms with Crippen molar-refractivity contribution in [3.8, 4) is 11.1 Å². The van der Waals surface area contributed by atoms with Crippen molar-refractivity contribution in [1.82, 2.24) is 4.98 Å². The molecule has 2 aromatic rings. The predicted molar refractivity (Wildman–Crippen MR) is 71.3 cm³/mol. The molecule has 0 unspecified atom stereocenters. The number of aromatic carboxylic acids is 1. The summed E-state index contributed by atoms with van der Waals surface area (Å²) in [6.45, 7) is 0.